The number of carboxylic acid groups (broad SMARTS) is 1. The largest absolute Gasteiger partial charge is 0.481 e. The molecule has 180 valence electrons. The van der Waals surface area contributed by atoms with E-state index >= 15 is 0 Å². The first kappa shape index (κ1) is 28.3. The molecule has 4 nitrogen and oxygen atoms in total. The van der Waals surface area contributed by atoms with Gasteiger partial charge in [0.1, 0.15) is 0 Å². The van der Waals surface area contributed by atoms with E-state index in [1.807, 2.05) is 12.2 Å². The first-order valence-electron chi connectivity index (χ1n) is 12.0. The third-order valence-corrected chi connectivity index (χ3v) is 11.1. The lowest BCUT2D eigenvalue weighted by Crippen LogP contribution is -2.43. The molecule has 1 unspecified atom stereocenters. The first-order valence-corrected chi connectivity index (χ1v) is 14.9. The summed E-state index contributed by atoms with van der Waals surface area (Å²) in [7, 11) is -1.92. The summed E-state index contributed by atoms with van der Waals surface area (Å²) in [6.07, 6.45) is 19.2. The van der Waals surface area contributed by atoms with Crippen molar-refractivity contribution in [3.63, 3.8) is 0 Å². The van der Waals surface area contributed by atoms with Gasteiger partial charge >= 0.3 is 5.97 Å². The van der Waals surface area contributed by atoms with Gasteiger partial charge < -0.3 is 9.53 Å². The molecule has 2 atom stereocenters. The molecule has 0 fully saturated rings. The van der Waals surface area contributed by atoms with Crippen LogP contribution in [0.15, 0.2) is 48.1 Å². The summed E-state index contributed by atoms with van der Waals surface area (Å²) in [5, 5.41) is 8.88. The lowest BCUT2D eigenvalue weighted by Gasteiger charge is -2.39. The van der Waals surface area contributed by atoms with E-state index in [4.69, 9.17) is 9.53 Å². The number of unbranched alkanes of at least 4 members (excludes halogenated alkanes) is 1. The maximum Gasteiger partial charge on any atom is 0.303 e. The average molecular weight is 461 g/mol. The minimum absolute atomic E-state index is 0.0652. The molecule has 0 spiro atoms. The first-order chi connectivity index (χ1) is 14.8. The van der Waals surface area contributed by atoms with Gasteiger partial charge in [-0.1, -0.05) is 71.1 Å². The van der Waals surface area contributed by atoms with Crippen LogP contribution in [0.2, 0.25) is 18.1 Å². The van der Waals surface area contributed by atoms with Crippen molar-refractivity contribution in [3.8, 4) is 0 Å². The number of aliphatic carboxylic acids is 1. The Labute approximate surface area is 196 Å². The average Bonchev–Trinajstić information content (AvgIpc) is 2.95. The lowest BCUT2D eigenvalue weighted by molar-refractivity contribution is -0.137. The fourth-order valence-electron chi connectivity index (χ4n) is 3.50. The molecular formula is C27H44O4Si. The SMILES string of the molecule is CC/C=C\C[C@@H](C/C=C1/C(=O)C=CC1(C)C/C=C\CCCC(=O)O)O[Si](C)(C)C(C)(C)C. The molecule has 0 aromatic carbocycles. The van der Waals surface area contributed by atoms with Crippen LogP contribution in [-0.4, -0.2) is 31.3 Å². The molecular weight excluding hydrogens is 416 g/mol. The fourth-order valence-corrected chi connectivity index (χ4v) is 4.88. The quantitative estimate of drug-likeness (QED) is 0.135. The molecule has 0 saturated heterocycles. The molecule has 32 heavy (non-hydrogen) atoms. The zero-order chi connectivity index (χ0) is 24.4. The van der Waals surface area contributed by atoms with Gasteiger partial charge in [-0.05, 0) is 62.7 Å². The highest BCUT2D eigenvalue weighted by Crippen LogP contribution is 2.40. The van der Waals surface area contributed by atoms with Gasteiger partial charge in [0.25, 0.3) is 0 Å². The second kappa shape index (κ2) is 12.5. The lowest BCUT2D eigenvalue weighted by atomic mass is 9.80. The Hall–Kier alpha value is -1.72. The predicted octanol–water partition coefficient (Wildman–Crippen LogP) is 7.40. The van der Waals surface area contributed by atoms with Crippen LogP contribution in [-0.2, 0) is 14.0 Å². The normalized spacial score (nSPS) is 22.0. The van der Waals surface area contributed by atoms with Gasteiger partial charge in [0, 0.05) is 17.4 Å². The van der Waals surface area contributed by atoms with Gasteiger partial charge in [-0.3, -0.25) is 9.59 Å². The van der Waals surface area contributed by atoms with Crippen LogP contribution in [0.4, 0.5) is 0 Å². The van der Waals surface area contributed by atoms with Crippen LogP contribution >= 0.6 is 0 Å². The van der Waals surface area contributed by atoms with Crippen LogP contribution in [0, 0.1) is 5.41 Å². The van der Waals surface area contributed by atoms with E-state index in [1.165, 1.54) is 0 Å². The summed E-state index contributed by atoms with van der Waals surface area (Å²) in [6.45, 7) is 15.5. The topological polar surface area (TPSA) is 63.6 Å². The predicted molar refractivity (Wildman–Crippen MR) is 136 cm³/mol. The van der Waals surface area contributed by atoms with Crippen LogP contribution in [0.25, 0.3) is 0 Å². The van der Waals surface area contributed by atoms with Gasteiger partial charge in [-0.25, -0.2) is 0 Å². The monoisotopic (exact) mass is 460 g/mol. The third kappa shape index (κ3) is 9.03. The Balaban J connectivity index is 2.91. The van der Waals surface area contributed by atoms with Crippen molar-refractivity contribution in [1.82, 2.24) is 0 Å². The second-order valence-corrected chi connectivity index (χ2v) is 15.3. The molecule has 5 heteroatoms. The molecule has 0 aromatic rings. The molecule has 1 aliphatic rings. The van der Waals surface area contributed by atoms with Crippen molar-refractivity contribution in [3.05, 3.63) is 48.1 Å². The van der Waals surface area contributed by atoms with Crippen molar-refractivity contribution < 1.29 is 19.1 Å². The number of carbonyl (C=O) groups excluding carboxylic acids is 1. The van der Waals surface area contributed by atoms with E-state index in [0.29, 0.717) is 6.42 Å². The van der Waals surface area contributed by atoms with E-state index in [2.05, 4.69) is 72.0 Å². The molecule has 1 rings (SSSR count). The molecule has 0 amide bonds. The van der Waals surface area contributed by atoms with Gasteiger partial charge in [-0.15, -0.1) is 0 Å². The third-order valence-electron chi connectivity index (χ3n) is 6.61. The van der Waals surface area contributed by atoms with Crippen molar-refractivity contribution in [2.45, 2.75) is 104 Å². The zero-order valence-corrected chi connectivity index (χ0v) is 22.2. The van der Waals surface area contributed by atoms with Crippen molar-refractivity contribution in [2.24, 2.45) is 5.41 Å². The van der Waals surface area contributed by atoms with Gasteiger partial charge in [0.2, 0.25) is 0 Å². The van der Waals surface area contributed by atoms with E-state index in [0.717, 1.165) is 37.7 Å². The molecule has 0 heterocycles. The highest BCUT2D eigenvalue weighted by atomic mass is 28.4. The zero-order valence-electron chi connectivity index (χ0n) is 21.2. The molecule has 0 radical (unpaired) electrons. The summed E-state index contributed by atoms with van der Waals surface area (Å²) in [4.78, 5) is 23.3. The summed E-state index contributed by atoms with van der Waals surface area (Å²) >= 11 is 0. The Morgan fingerprint density at radius 3 is 2.47 bits per heavy atom. The van der Waals surface area contributed by atoms with Crippen LogP contribution in [0.5, 0.6) is 0 Å². The summed E-state index contributed by atoms with van der Waals surface area (Å²) in [6, 6.07) is 0. The van der Waals surface area contributed by atoms with E-state index in [-0.39, 0.29) is 28.8 Å². The van der Waals surface area contributed by atoms with Crippen molar-refractivity contribution in [2.75, 3.05) is 0 Å². The van der Waals surface area contributed by atoms with E-state index < -0.39 is 14.3 Å². The number of rotatable bonds is 13. The maximum atomic E-state index is 12.6. The smallest absolute Gasteiger partial charge is 0.303 e. The molecule has 0 aromatic heterocycles. The molecule has 1 aliphatic carbocycles. The van der Waals surface area contributed by atoms with Crippen molar-refractivity contribution in [1.29, 1.82) is 0 Å². The Morgan fingerprint density at radius 2 is 1.88 bits per heavy atom. The number of carboxylic acids is 1. The number of hydrogen-bond acceptors (Lipinski definition) is 3. The van der Waals surface area contributed by atoms with Crippen LogP contribution < -0.4 is 0 Å². The second-order valence-electron chi connectivity index (χ2n) is 10.5. The number of carbonyl (C=O) groups is 2. The van der Waals surface area contributed by atoms with Crippen LogP contribution in [0.1, 0.15) is 79.6 Å². The molecule has 0 bridgehead atoms. The highest BCUT2D eigenvalue weighted by molar-refractivity contribution is 6.74. The van der Waals surface area contributed by atoms with Gasteiger partial charge in [0.05, 0.1) is 6.10 Å². The Morgan fingerprint density at radius 1 is 1.19 bits per heavy atom. The minimum Gasteiger partial charge on any atom is -0.481 e. The number of ketones is 1. The summed E-state index contributed by atoms with van der Waals surface area (Å²) < 4.78 is 6.71. The molecule has 0 aliphatic heterocycles. The van der Waals surface area contributed by atoms with Gasteiger partial charge in [-0.2, -0.15) is 0 Å². The molecule has 0 saturated carbocycles. The Kier molecular flexibility index (Phi) is 11.1. The highest BCUT2D eigenvalue weighted by Gasteiger charge is 2.39. The number of allylic oxidation sites excluding steroid dienone is 6. The standard InChI is InChI=1S/C27H44O4Si/c1-8-9-12-15-22(31-32(6,7)26(2,3)4)17-18-23-24(28)19-21-27(23,5)20-14-11-10-13-16-25(29)30/h9,11-12,14,18-19,21-22H,8,10,13,15-17,20H2,1-7H3,(H,29,30)/b12-9-,14-11-,23-18-/t22-,27?/m0/s1. The summed E-state index contributed by atoms with van der Waals surface area (Å²) in [5.74, 6) is -0.676. The maximum absolute atomic E-state index is 12.6. The summed E-state index contributed by atoms with van der Waals surface area (Å²) in [5.41, 5.74) is 0.525. The Bertz CT molecular complexity index is 752. The van der Waals surface area contributed by atoms with E-state index in [1.54, 1.807) is 6.08 Å². The van der Waals surface area contributed by atoms with Gasteiger partial charge in [0.15, 0.2) is 14.1 Å². The van der Waals surface area contributed by atoms with E-state index in [9.17, 15) is 9.59 Å². The van der Waals surface area contributed by atoms with Crippen molar-refractivity contribution >= 4 is 20.1 Å². The molecule has 1 N–H and O–H groups in total. The van der Waals surface area contributed by atoms with Crippen LogP contribution in [0.3, 0.4) is 0 Å². The fraction of sp³-hybridized carbons (Fsp3) is 0.630. The number of hydrogen-bond donors (Lipinski definition) is 1. The minimum atomic E-state index is -1.92.